The van der Waals surface area contributed by atoms with Gasteiger partial charge in [-0.25, -0.2) is 0 Å². The Bertz CT molecular complexity index is 1260. The molecule has 0 spiro atoms. The van der Waals surface area contributed by atoms with Gasteiger partial charge in [-0.05, 0) is 41.1 Å². The Kier molecular flexibility index (Phi) is 6.44. The molecule has 1 heterocycles. The third kappa shape index (κ3) is 5.11. The maximum absolute atomic E-state index is 12.3. The van der Waals surface area contributed by atoms with Crippen molar-refractivity contribution in [2.24, 2.45) is 0 Å². The molecule has 2 N–H and O–H groups in total. The van der Waals surface area contributed by atoms with Gasteiger partial charge >= 0.3 is 0 Å². The maximum Gasteiger partial charge on any atom is 0.271 e. The number of carbonyl (C=O) groups is 2. The van der Waals surface area contributed by atoms with Crippen LogP contribution >= 0.6 is 23.2 Å². The largest absolute Gasteiger partial charge is 0.271 e. The van der Waals surface area contributed by atoms with E-state index in [0.717, 1.165) is 11.1 Å². The second kappa shape index (κ2) is 9.59. The lowest BCUT2D eigenvalue weighted by Gasteiger charge is -2.09. The number of hydrazine groups is 1. The van der Waals surface area contributed by atoms with Crippen molar-refractivity contribution >= 4 is 35.0 Å². The molecule has 3 aromatic carbocycles. The molecule has 0 aliphatic rings. The molecule has 4 aromatic rings. The highest BCUT2D eigenvalue weighted by Gasteiger charge is 2.13. The average molecular weight is 467 g/mol. The van der Waals surface area contributed by atoms with E-state index in [2.05, 4.69) is 26.3 Å². The van der Waals surface area contributed by atoms with Crippen molar-refractivity contribution in [3.8, 4) is 11.4 Å². The number of nitrogens with one attached hydrogen (secondary N) is 2. The van der Waals surface area contributed by atoms with Crippen LogP contribution in [0.25, 0.3) is 11.4 Å². The number of tetrazole rings is 1. The summed E-state index contributed by atoms with van der Waals surface area (Å²) in [6.45, 7) is 0.395. The van der Waals surface area contributed by atoms with Crippen LogP contribution in [-0.4, -0.2) is 32.0 Å². The van der Waals surface area contributed by atoms with Crippen LogP contribution in [0.4, 0.5) is 0 Å². The molecule has 0 radical (unpaired) electrons. The topological polar surface area (TPSA) is 102 Å². The molecule has 0 atom stereocenters. The van der Waals surface area contributed by atoms with Crippen molar-refractivity contribution in [1.29, 1.82) is 0 Å². The zero-order valence-electron chi connectivity index (χ0n) is 16.5. The second-order valence-electron chi connectivity index (χ2n) is 6.74. The van der Waals surface area contributed by atoms with E-state index in [4.69, 9.17) is 23.2 Å². The van der Waals surface area contributed by atoms with E-state index in [1.165, 1.54) is 16.9 Å². The lowest BCUT2D eigenvalue weighted by Crippen LogP contribution is -2.41. The van der Waals surface area contributed by atoms with Gasteiger partial charge in [0.1, 0.15) is 0 Å². The Morgan fingerprint density at radius 1 is 0.875 bits per heavy atom. The van der Waals surface area contributed by atoms with E-state index in [-0.39, 0.29) is 10.6 Å². The van der Waals surface area contributed by atoms with Crippen molar-refractivity contribution in [2.45, 2.75) is 6.54 Å². The molecule has 1 aromatic heterocycles. The van der Waals surface area contributed by atoms with Crippen molar-refractivity contribution in [3.63, 3.8) is 0 Å². The Morgan fingerprint density at radius 3 is 2.34 bits per heavy atom. The summed E-state index contributed by atoms with van der Waals surface area (Å²) in [7, 11) is 0. The molecule has 0 saturated carbocycles. The molecule has 0 bridgehead atoms. The molecular formula is C22H16Cl2N6O2. The van der Waals surface area contributed by atoms with Gasteiger partial charge in [-0.1, -0.05) is 65.7 Å². The Balaban J connectivity index is 1.35. The van der Waals surface area contributed by atoms with E-state index in [1.54, 1.807) is 30.3 Å². The third-order valence-corrected chi connectivity index (χ3v) is 5.05. The number of nitrogens with zero attached hydrogens (tertiary/aromatic N) is 4. The number of amides is 2. The van der Waals surface area contributed by atoms with Gasteiger partial charge in [-0.15, -0.1) is 10.2 Å². The average Bonchev–Trinajstić information content (AvgIpc) is 3.28. The van der Waals surface area contributed by atoms with E-state index >= 15 is 0 Å². The molecule has 0 saturated heterocycles. The fourth-order valence-electron chi connectivity index (χ4n) is 2.86. The first kappa shape index (κ1) is 21.5. The minimum atomic E-state index is -0.575. The summed E-state index contributed by atoms with van der Waals surface area (Å²) in [6, 6.07) is 20.9. The summed E-state index contributed by atoms with van der Waals surface area (Å²) >= 11 is 11.9. The number of hydrogen-bond acceptors (Lipinski definition) is 5. The first-order valence-electron chi connectivity index (χ1n) is 9.47. The monoisotopic (exact) mass is 466 g/mol. The first-order chi connectivity index (χ1) is 15.5. The predicted octanol–water partition coefficient (Wildman–Crippen LogP) is 3.77. The summed E-state index contributed by atoms with van der Waals surface area (Å²) in [5, 5.41) is 13.1. The van der Waals surface area contributed by atoms with Crippen LogP contribution in [0.15, 0.2) is 72.8 Å². The summed E-state index contributed by atoms with van der Waals surface area (Å²) in [6.07, 6.45) is 0. The molecule has 4 rings (SSSR count). The van der Waals surface area contributed by atoms with Crippen molar-refractivity contribution in [2.75, 3.05) is 0 Å². The Morgan fingerprint density at radius 2 is 1.59 bits per heavy atom. The van der Waals surface area contributed by atoms with Crippen LogP contribution in [-0.2, 0) is 6.54 Å². The molecule has 0 unspecified atom stereocenters. The summed E-state index contributed by atoms with van der Waals surface area (Å²) in [4.78, 5) is 26.0. The van der Waals surface area contributed by atoms with Gasteiger partial charge in [0, 0.05) is 16.1 Å². The van der Waals surface area contributed by atoms with Gasteiger partial charge in [0.25, 0.3) is 11.8 Å². The van der Waals surface area contributed by atoms with Gasteiger partial charge in [-0.2, -0.15) is 4.80 Å². The molecule has 0 aliphatic carbocycles. The minimum Gasteiger partial charge on any atom is -0.267 e. The highest BCUT2D eigenvalue weighted by Crippen LogP contribution is 2.20. The lowest BCUT2D eigenvalue weighted by molar-refractivity contribution is 0.0846. The van der Waals surface area contributed by atoms with Crippen LogP contribution < -0.4 is 10.9 Å². The SMILES string of the molecule is O=C(NNC(=O)c1cc(Cl)ccc1Cl)c1ccc(Cn2nnc(-c3ccccc3)n2)cc1. The minimum absolute atomic E-state index is 0.157. The zero-order valence-corrected chi connectivity index (χ0v) is 18.0. The van der Waals surface area contributed by atoms with Crippen LogP contribution in [0.3, 0.4) is 0 Å². The standard InChI is InChI=1S/C22H16Cl2N6O2/c23-17-10-11-19(24)18(12-17)22(32)27-26-21(31)16-8-6-14(7-9-16)13-30-28-20(25-29-30)15-4-2-1-3-5-15/h1-12H,13H2,(H,26,31)(H,27,32). The highest BCUT2D eigenvalue weighted by atomic mass is 35.5. The number of aromatic nitrogens is 4. The van der Waals surface area contributed by atoms with Gasteiger partial charge in [0.15, 0.2) is 0 Å². The predicted molar refractivity (Wildman–Crippen MR) is 120 cm³/mol. The smallest absolute Gasteiger partial charge is 0.267 e. The van der Waals surface area contributed by atoms with Crippen LogP contribution in [0.5, 0.6) is 0 Å². The van der Waals surface area contributed by atoms with Gasteiger partial charge in [-0.3, -0.25) is 20.4 Å². The molecule has 160 valence electrons. The number of hydrogen-bond donors (Lipinski definition) is 2. The van der Waals surface area contributed by atoms with Crippen molar-refractivity contribution < 1.29 is 9.59 Å². The molecular weight excluding hydrogens is 451 g/mol. The van der Waals surface area contributed by atoms with Crippen molar-refractivity contribution in [3.05, 3.63) is 99.5 Å². The highest BCUT2D eigenvalue weighted by molar-refractivity contribution is 6.35. The van der Waals surface area contributed by atoms with E-state index in [0.29, 0.717) is 23.0 Å². The normalized spacial score (nSPS) is 10.6. The quantitative estimate of drug-likeness (QED) is 0.435. The fourth-order valence-corrected chi connectivity index (χ4v) is 3.24. The molecule has 0 aliphatic heterocycles. The van der Waals surface area contributed by atoms with Gasteiger partial charge < -0.3 is 0 Å². The Labute approximate surface area is 193 Å². The van der Waals surface area contributed by atoms with E-state index in [1.807, 2.05) is 30.3 Å². The second-order valence-corrected chi connectivity index (χ2v) is 7.58. The summed E-state index contributed by atoms with van der Waals surface area (Å²) < 4.78 is 0. The van der Waals surface area contributed by atoms with Crippen LogP contribution in [0.1, 0.15) is 26.3 Å². The maximum atomic E-state index is 12.3. The van der Waals surface area contributed by atoms with Crippen LogP contribution in [0, 0.1) is 0 Å². The number of carbonyl (C=O) groups excluding carboxylic acids is 2. The first-order valence-corrected chi connectivity index (χ1v) is 10.2. The molecule has 2 amide bonds. The summed E-state index contributed by atoms with van der Waals surface area (Å²) in [5.41, 5.74) is 6.96. The van der Waals surface area contributed by atoms with E-state index in [9.17, 15) is 9.59 Å². The molecule has 32 heavy (non-hydrogen) atoms. The van der Waals surface area contributed by atoms with Gasteiger partial charge in [0.05, 0.1) is 17.1 Å². The molecule has 0 fully saturated rings. The number of benzene rings is 3. The number of halogens is 2. The summed E-state index contributed by atoms with van der Waals surface area (Å²) in [5.74, 6) is -0.514. The molecule has 10 heteroatoms. The lowest BCUT2D eigenvalue weighted by atomic mass is 10.1. The zero-order chi connectivity index (χ0) is 22.5. The number of rotatable bonds is 5. The van der Waals surface area contributed by atoms with Crippen molar-refractivity contribution in [1.82, 2.24) is 31.1 Å². The third-order valence-electron chi connectivity index (χ3n) is 4.49. The molecule has 8 nitrogen and oxygen atoms in total. The van der Waals surface area contributed by atoms with Gasteiger partial charge in [0.2, 0.25) is 5.82 Å². The van der Waals surface area contributed by atoms with Crippen LogP contribution in [0.2, 0.25) is 10.0 Å². The Hall–Kier alpha value is -3.75. The fraction of sp³-hybridized carbons (Fsp3) is 0.0455. The van der Waals surface area contributed by atoms with E-state index < -0.39 is 11.8 Å².